The van der Waals surface area contributed by atoms with Crippen LogP contribution in [0.1, 0.15) is 40.0 Å². The molecule has 1 aliphatic carbocycles. The van der Waals surface area contributed by atoms with Crippen molar-refractivity contribution in [2.24, 2.45) is 5.92 Å². The van der Waals surface area contributed by atoms with E-state index in [0.29, 0.717) is 0 Å². The van der Waals surface area contributed by atoms with Crippen molar-refractivity contribution in [1.82, 2.24) is 0 Å². The van der Waals surface area contributed by atoms with E-state index in [4.69, 9.17) is 4.74 Å². The van der Waals surface area contributed by atoms with Gasteiger partial charge in [0.15, 0.2) is 5.60 Å². The predicted octanol–water partition coefficient (Wildman–Crippen LogP) is 3.96. The molecule has 1 rings (SSSR count). The van der Waals surface area contributed by atoms with E-state index in [9.17, 15) is 4.79 Å². The molecule has 0 radical (unpaired) electrons. The Morgan fingerprint density at radius 3 is 2.69 bits per heavy atom. The maximum Gasteiger partial charge on any atom is 0.309 e. The zero-order chi connectivity index (χ0) is 12.3. The summed E-state index contributed by atoms with van der Waals surface area (Å²) in [6, 6.07) is 0. The highest BCUT2D eigenvalue weighted by Crippen LogP contribution is 2.41. The topological polar surface area (TPSA) is 26.3 Å². The fraction of sp³-hybridized carbons (Fsp3) is 0.615. The molecule has 0 spiro atoms. The lowest BCUT2D eigenvalue weighted by Crippen LogP contribution is -2.39. The summed E-state index contributed by atoms with van der Waals surface area (Å²) in [6.45, 7) is 9.56. The van der Waals surface area contributed by atoms with Gasteiger partial charge in [-0.05, 0) is 31.8 Å². The van der Waals surface area contributed by atoms with Gasteiger partial charge >= 0.3 is 5.97 Å². The van der Waals surface area contributed by atoms with E-state index in [-0.39, 0.29) is 11.9 Å². The summed E-state index contributed by atoms with van der Waals surface area (Å²) >= 11 is 3.51. The van der Waals surface area contributed by atoms with Gasteiger partial charge in [-0.3, -0.25) is 4.79 Å². The first-order chi connectivity index (χ1) is 7.40. The average Bonchev–Trinajstić information content (AvgIpc) is 2.20. The molecule has 0 aromatic carbocycles. The Labute approximate surface area is 106 Å². The van der Waals surface area contributed by atoms with Gasteiger partial charge in [0.05, 0.1) is 5.92 Å². The zero-order valence-electron chi connectivity index (χ0n) is 10.2. The highest BCUT2D eigenvalue weighted by molar-refractivity contribution is 9.11. The number of rotatable bonds is 3. The van der Waals surface area contributed by atoms with E-state index < -0.39 is 5.60 Å². The standard InChI is InChI=1S/C13H19BrO2/c1-9(2)12(15)16-13(10(3)4)8-6-5-7-11(13)14/h7,9H,3,5-6,8H2,1-2,4H3. The van der Waals surface area contributed by atoms with Crippen LogP contribution in [0.25, 0.3) is 0 Å². The second-order valence-electron chi connectivity index (χ2n) is 4.63. The first-order valence-electron chi connectivity index (χ1n) is 5.65. The number of ether oxygens (including phenoxy) is 1. The van der Waals surface area contributed by atoms with Crippen molar-refractivity contribution in [3.8, 4) is 0 Å². The summed E-state index contributed by atoms with van der Waals surface area (Å²) in [4.78, 5) is 11.8. The number of hydrogen-bond donors (Lipinski definition) is 0. The molecule has 16 heavy (non-hydrogen) atoms. The first kappa shape index (κ1) is 13.5. The summed E-state index contributed by atoms with van der Waals surface area (Å²) in [5.74, 6) is -0.284. The second-order valence-corrected chi connectivity index (χ2v) is 5.48. The molecule has 0 fully saturated rings. The van der Waals surface area contributed by atoms with Crippen molar-refractivity contribution in [2.75, 3.05) is 0 Å². The Morgan fingerprint density at radius 2 is 2.25 bits per heavy atom. The summed E-state index contributed by atoms with van der Waals surface area (Å²) in [5.41, 5.74) is 0.254. The molecule has 90 valence electrons. The van der Waals surface area contributed by atoms with Crippen molar-refractivity contribution >= 4 is 21.9 Å². The van der Waals surface area contributed by atoms with E-state index in [1.807, 2.05) is 20.8 Å². The Kier molecular flexibility index (Phi) is 4.36. The van der Waals surface area contributed by atoms with Gasteiger partial charge in [0, 0.05) is 4.48 Å². The Bertz CT molecular complexity index is 331. The summed E-state index contributed by atoms with van der Waals surface area (Å²) in [6.07, 6.45) is 4.94. The molecule has 1 aliphatic rings. The third-order valence-electron chi connectivity index (χ3n) is 2.88. The highest BCUT2D eigenvalue weighted by atomic mass is 79.9. The smallest absolute Gasteiger partial charge is 0.309 e. The fourth-order valence-electron chi connectivity index (χ4n) is 1.76. The van der Waals surface area contributed by atoms with Crippen LogP contribution in [-0.2, 0) is 9.53 Å². The molecular weight excluding hydrogens is 268 g/mol. The summed E-state index contributed by atoms with van der Waals surface area (Å²) < 4.78 is 6.60. The van der Waals surface area contributed by atoms with Gasteiger partial charge in [0.1, 0.15) is 0 Å². The molecule has 0 saturated heterocycles. The maximum atomic E-state index is 11.8. The molecule has 0 bridgehead atoms. The van der Waals surface area contributed by atoms with Crippen LogP contribution < -0.4 is 0 Å². The lowest BCUT2D eigenvalue weighted by atomic mass is 9.85. The fourth-order valence-corrected chi connectivity index (χ4v) is 2.60. The van der Waals surface area contributed by atoms with Crippen LogP contribution in [0.15, 0.2) is 22.7 Å². The van der Waals surface area contributed by atoms with Gasteiger partial charge in [0.2, 0.25) is 0 Å². The number of hydrogen-bond acceptors (Lipinski definition) is 2. The van der Waals surface area contributed by atoms with Gasteiger partial charge in [0.25, 0.3) is 0 Å². The molecule has 0 N–H and O–H groups in total. The Hall–Kier alpha value is -0.570. The van der Waals surface area contributed by atoms with Gasteiger partial charge < -0.3 is 4.74 Å². The minimum Gasteiger partial charge on any atom is -0.449 e. The van der Waals surface area contributed by atoms with Crippen LogP contribution >= 0.6 is 15.9 Å². The second kappa shape index (κ2) is 5.17. The van der Waals surface area contributed by atoms with Gasteiger partial charge in [-0.25, -0.2) is 0 Å². The molecular formula is C13H19BrO2. The third-order valence-corrected chi connectivity index (χ3v) is 3.84. The van der Waals surface area contributed by atoms with E-state index in [1.165, 1.54) is 0 Å². The number of carbonyl (C=O) groups is 1. The third kappa shape index (κ3) is 2.57. The van der Waals surface area contributed by atoms with Gasteiger partial charge in [-0.1, -0.05) is 42.4 Å². The van der Waals surface area contributed by atoms with Crippen molar-refractivity contribution in [2.45, 2.75) is 45.6 Å². The van der Waals surface area contributed by atoms with E-state index >= 15 is 0 Å². The lowest BCUT2D eigenvalue weighted by Gasteiger charge is -2.37. The van der Waals surface area contributed by atoms with E-state index in [1.54, 1.807) is 0 Å². The maximum absolute atomic E-state index is 11.8. The van der Waals surface area contributed by atoms with Crippen LogP contribution in [0, 0.1) is 5.92 Å². The van der Waals surface area contributed by atoms with Crippen LogP contribution in [-0.4, -0.2) is 11.6 Å². The number of allylic oxidation sites excluding steroid dienone is 1. The van der Waals surface area contributed by atoms with Crippen molar-refractivity contribution in [3.05, 3.63) is 22.7 Å². The molecule has 0 heterocycles. The molecule has 0 aliphatic heterocycles. The SMILES string of the molecule is C=C(C)C1(OC(=O)C(C)C)CCCC=C1Br. The summed E-state index contributed by atoms with van der Waals surface area (Å²) in [7, 11) is 0. The van der Waals surface area contributed by atoms with Crippen LogP contribution in [0.4, 0.5) is 0 Å². The molecule has 0 aromatic rings. The quantitative estimate of drug-likeness (QED) is 0.580. The molecule has 3 heteroatoms. The minimum atomic E-state index is -0.625. The molecule has 1 unspecified atom stereocenters. The molecule has 1 atom stereocenters. The molecule has 2 nitrogen and oxygen atoms in total. The van der Waals surface area contributed by atoms with Crippen LogP contribution in [0.2, 0.25) is 0 Å². The normalized spacial score (nSPS) is 25.2. The number of esters is 1. The van der Waals surface area contributed by atoms with Crippen molar-refractivity contribution < 1.29 is 9.53 Å². The summed E-state index contributed by atoms with van der Waals surface area (Å²) in [5, 5.41) is 0. The minimum absolute atomic E-state index is 0.113. The number of halogens is 1. The average molecular weight is 287 g/mol. The van der Waals surface area contributed by atoms with E-state index in [0.717, 1.165) is 29.3 Å². The number of carbonyl (C=O) groups excluding carboxylic acids is 1. The predicted molar refractivity (Wildman–Crippen MR) is 69.3 cm³/mol. The molecule has 0 aromatic heterocycles. The van der Waals surface area contributed by atoms with Crippen LogP contribution in [0.3, 0.4) is 0 Å². The zero-order valence-corrected chi connectivity index (χ0v) is 11.8. The lowest BCUT2D eigenvalue weighted by molar-refractivity contribution is -0.157. The molecule has 0 amide bonds. The highest BCUT2D eigenvalue weighted by Gasteiger charge is 2.40. The molecule has 0 saturated carbocycles. The first-order valence-corrected chi connectivity index (χ1v) is 6.44. The Morgan fingerprint density at radius 1 is 1.62 bits per heavy atom. The van der Waals surface area contributed by atoms with Crippen molar-refractivity contribution in [1.29, 1.82) is 0 Å². The van der Waals surface area contributed by atoms with Gasteiger partial charge in [-0.2, -0.15) is 0 Å². The van der Waals surface area contributed by atoms with Gasteiger partial charge in [-0.15, -0.1) is 0 Å². The largest absolute Gasteiger partial charge is 0.449 e. The van der Waals surface area contributed by atoms with E-state index in [2.05, 4.69) is 28.6 Å². The van der Waals surface area contributed by atoms with Crippen molar-refractivity contribution in [3.63, 3.8) is 0 Å². The van der Waals surface area contributed by atoms with Crippen LogP contribution in [0.5, 0.6) is 0 Å². The monoisotopic (exact) mass is 286 g/mol. The Balaban J connectivity index is 2.98.